The van der Waals surface area contributed by atoms with Gasteiger partial charge in [0.25, 0.3) is 0 Å². The van der Waals surface area contributed by atoms with E-state index in [0.717, 1.165) is 34.4 Å². The normalized spacial score (nSPS) is 10.7. The number of rotatable bonds is 8. The van der Waals surface area contributed by atoms with Crippen LogP contribution in [0.4, 0.5) is 0 Å². The van der Waals surface area contributed by atoms with E-state index in [2.05, 4.69) is 10.2 Å². The van der Waals surface area contributed by atoms with E-state index in [-0.39, 0.29) is 5.97 Å². The smallest absolute Gasteiger partial charge is 0.305 e. The van der Waals surface area contributed by atoms with Crippen LogP contribution >= 0.6 is 23.4 Å². The van der Waals surface area contributed by atoms with E-state index in [9.17, 15) is 4.79 Å². The topological polar surface area (TPSA) is 57.0 Å². The molecule has 1 aromatic heterocycles. The molecule has 27 heavy (non-hydrogen) atoms. The Labute approximate surface area is 167 Å². The number of carbonyl (C=O) groups excluding carboxylic acids is 1. The van der Waals surface area contributed by atoms with Crippen molar-refractivity contribution in [2.75, 3.05) is 12.4 Å². The molecule has 0 atom stereocenters. The number of ether oxygens (including phenoxy) is 1. The quantitative estimate of drug-likeness (QED) is 0.301. The van der Waals surface area contributed by atoms with Crippen molar-refractivity contribution >= 4 is 29.3 Å². The number of benzene rings is 2. The van der Waals surface area contributed by atoms with Gasteiger partial charge in [-0.25, -0.2) is 0 Å². The van der Waals surface area contributed by atoms with Crippen LogP contribution in [0.2, 0.25) is 5.02 Å². The van der Waals surface area contributed by atoms with Crippen LogP contribution in [0.1, 0.15) is 19.8 Å². The van der Waals surface area contributed by atoms with Crippen molar-refractivity contribution in [1.82, 2.24) is 14.8 Å². The second-order valence-electron chi connectivity index (χ2n) is 5.74. The molecule has 7 heteroatoms. The van der Waals surface area contributed by atoms with Crippen molar-refractivity contribution in [2.24, 2.45) is 0 Å². The zero-order chi connectivity index (χ0) is 19.1. The largest absolute Gasteiger partial charge is 0.466 e. The van der Waals surface area contributed by atoms with Gasteiger partial charge in [-0.15, -0.1) is 10.2 Å². The van der Waals surface area contributed by atoms with Gasteiger partial charge in [-0.3, -0.25) is 9.36 Å². The van der Waals surface area contributed by atoms with E-state index in [0.29, 0.717) is 18.1 Å². The molecule has 0 radical (unpaired) electrons. The molecule has 0 unspecified atom stereocenters. The monoisotopic (exact) mass is 401 g/mol. The molecular formula is C20H20ClN3O2S. The van der Waals surface area contributed by atoms with Crippen LogP contribution in [0.25, 0.3) is 17.1 Å². The first-order valence-electron chi connectivity index (χ1n) is 8.74. The summed E-state index contributed by atoms with van der Waals surface area (Å²) in [6.45, 7) is 2.23. The molecule has 0 aliphatic carbocycles. The lowest BCUT2D eigenvalue weighted by Gasteiger charge is -2.10. The van der Waals surface area contributed by atoms with Gasteiger partial charge >= 0.3 is 5.97 Å². The van der Waals surface area contributed by atoms with Crippen LogP contribution in [0.15, 0.2) is 59.8 Å². The zero-order valence-electron chi connectivity index (χ0n) is 15.0. The number of hydrogen-bond donors (Lipinski definition) is 0. The summed E-state index contributed by atoms with van der Waals surface area (Å²) in [5.41, 5.74) is 1.93. The zero-order valence-corrected chi connectivity index (χ0v) is 16.5. The minimum Gasteiger partial charge on any atom is -0.466 e. The minimum atomic E-state index is -0.165. The molecule has 3 aromatic rings. The van der Waals surface area contributed by atoms with E-state index in [1.54, 1.807) is 11.8 Å². The highest BCUT2D eigenvalue weighted by molar-refractivity contribution is 7.99. The highest BCUT2D eigenvalue weighted by Gasteiger charge is 2.16. The first kappa shape index (κ1) is 19.5. The van der Waals surface area contributed by atoms with Crippen LogP contribution < -0.4 is 0 Å². The van der Waals surface area contributed by atoms with Crippen LogP contribution in [0.5, 0.6) is 0 Å². The number of carbonyl (C=O) groups is 1. The lowest BCUT2D eigenvalue weighted by molar-refractivity contribution is -0.143. The molecule has 5 nitrogen and oxygen atoms in total. The van der Waals surface area contributed by atoms with Gasteiger partial charge in [0.2, 0.25) is 0 Å². The Balaban J connectivity index is 1.82. The van der Waals surface area contributed by atoms with Crippen molar-refractivity contribution in [3.05, 3.63) is 59.6 Å². The summed E-state index contributed by atoms with van der Waals surface area (Å²) in [4.78, 5) is 11.5. The van der Waals surface area contributed by atoms with Gasteiger partial charge in [-0.1, -0.05) is 53.7 Å². The maximum atomic E-state index is 11.5. The Hall–Kier alpha value is -2.31. The Morgan fingerprint density at radius 3 is 2.56 bits per heavy atom. The number of hydrogen-bond acceptors (Lipinski definition) is 5. The number of halogens is 1. The van der Waals surface area contributed by atoms with Gasteiger partial charge in [0.05, 0.1) is 6.61 Å². The third-order valence-corrected chi connectivity index (χ3v) is 5.08. The van der Waals surface area contributed by atoms with E-state index >= 15 is 0 Å². The highest BCUT2D eigenvalue weighted by atomic mass is 35.5. The third kappa shape index (κ3) is 5.11. The van der Waals surface area contributed by atoms with Gasteiger partial charge in [0, 0.05) is 28.4 Å². The first-order valence-corrected chi connectivity index (χ1v) is 10.1. The third-order valence-electron chi connectivity index (χ3n) is 3.81. The average Bonchev–Trinajstić information content (AvgIpc) is 3.11. The lowest BCUT2D eigenvalue weighted by Crippen LogP contribution is -2.04. The average molecular weight is 402 g/mol. The van der Waals surface area contributed by atoms with E-state index in [4.69, 9.17) is 16.3 Å². The Morgan fingerprint density at radius 2 is 1.85 bits per heavy atom. The van der Waals surface area contributed by atoms with Crippen molar-refractivity contribution in [3.8, 4) is 17.1 Å². The first-order chi connectivity index (χ1) is 13.2. The van der Waals surface area contributed by atoms with E-state index in [1.807, 2.05) is 66.1 Å². The Bertz CT molecular complexity index is 882. The van der Waals surface area contributed by atoms with Crippen molar-refractivity contribution in [3.63, 3.8) is 0 Å². The molecule has 0 bridgehead atoms. The van der Waals surface area contributed by atoms with Gasteiger partial charge in [0.15, 0.2) is 11.0 Å². The molecule has 0 aliphatic rings. The lowest BCUT2D eigenvalue weighted by atomic mass is 10.2. The number of nitrogens with zero attached hydrogens (tertiary/aromatic N) is 3. The molecule has 0 fully saturated rings. The fraction of sp³-hybridized carbons (Fsp3) is 0.250. The molecule has 140 valence electrons. The van der Waals surface area contributed by atoms with E-state index in [1.165, 1.54) is 0 Å². The summed E-state index contributed by atoms with van der Waals surface area (Å²) in [6.07, 6.45) is 1.12. The van der Waals surface area contributed by atoms with Crippen molar-refractivity contribution in [2.45, 2.75) is 24.9 Å². The molecular weight excluding hydrogens is 382 g/mol. The fourth-order valence-electron chi connectivity index (χ4n) is 2.57. The summed E-state index contributed by atoms with van der Waals surface area (Å²) < 4.78 is 6.98. The standard InChI is InChI=1S/C20H20ClN3O2S/c1-2-26-18(25)9-6-14-27-20-23-22-19(15-7-4-3-5-8-15)24(20)17-12-10-16(21)11-13-17/h3-5,7-8,10-13H,2,6,9,14H2,1H3. The maximum Gasteiger partial charge on any atom is 0.305 e. The van der Waals surface area contributed by atoms with Gasteiger partial charge in [-0.05, 0) is 37.6 Å². The second-order valence-corrected chi connectivity index (χ2v) is 7.24. The SMILES string of the molecule is CCOC(=O)CCCSc1nnc(-c2ccccc2)n1-c1ccc(Cl)cc1. The Kier molecular flexibility index (Phi) is 6.90. The Morgan fingerprint density at radius 1 is 1.11 bits per heavy atom. The van der Waals surface area contributed by atoms with Crippen LogP contribution in [-0.2, 0) is 9.53 Å². The molecule has 3 rings (SSSR count). The highest BCUT2D eigenvalue weighted by Crippen LogP contribution is 2.29. The number of aromatic nitrogens is 3. The summed E-state index contributed by atoms with van der Waals surface area (Å²) >= 11 is 7.61. The van der Waals surface area contributed by atoms with Crippen LogP contribution in [0.3, 0.4) is 0 Å². The minimum absolute atomic E-state index is 0.165. The predicted octanol–water partition coefficient (Wildman–Crippen LogP) is 5.02. The molecule has 0 saturated carbocycles. The molecule has 0 saturated heterocycles. The summed E-state index contributed by atoms with van der Waals surface area (Å²) in [6, 6.07) is 17.5. The molecule has 0 spiro atoms. The van der Waals surface area contributed by atoms with Gasteiger partial charge in [0.1, 0.15) is 0 Å². The van der Waals surface area contributed by atoms with Crippen molar-refractivity contribution < 1.29 is 9.53 Å². The van der Waals surface area contributed by atoms with Gasteiger partial charge in [-0.2, -0.15) is 0 Å². The van der Waals surface area contributed by atoms with Crippen LogP contribution in [-0.4, -0.2) is 33.1 Å². The molecule has 0 aliphatic heterocycles. The molecule has 0 amide bonds. The number of esters is 1. The van der Waals surface area contributed by atoms with Crippen LogP contribution in [0, 0.1) is 0 Å². The van der Waals surface area contributed by atoms with E-state index < -0.39 is 0 Å². The molecule has 2 aromatic carbocycles. The predicted molar refractivity (Wildman–Crippen MR) is 108 cm³/mol. The number of thioether (sulfide) groups is 1. The molecule has 0 N–H and O–H groups in total. The summed E-state index contributed by atoms with van der Waals surface area (Å²) in [5.74, 6) is 1.35. The fourth-order valence-corrected chi connectivity index (χ4v) is 3.59. The second kappa shape index (κ2) is 9.58. The maximum absolute atomic E-state index is 11.5. The van der Waals surface area contributed by atoms with Gasteiger partial charge < -0.3 is 4.74 Å². The summed E-state index contributed by atoms with van der Waals surface area (Å²) in [7, 11) is 0. The van der Waals surface area contributed by atoms with Crippen molar-refractivity contribution in [1.29, 1.82) is 0 Å². The molecule has 1 heterocycles. The summed E-state index contributed by atoms with van der Waals surface area (Å²) in [5, 5.41) is 10.2.